The third-order valence-corrected chi connectivity index (χ3v) is 2.13. The molecule has 0 aromatic heterocycles. The quantitative estimate of drug-likeness (QED) is 0.593. The van der Waals surface area contributed by atoms with Crippen molar-refractivity contribution in [3.8, 4) is 12.3 Å². The molecule has 0 radical (unpaired) electrons. The first kappa shape index (κ1) is 9.52. The van der Waals surface area contributed by atoms with Gasteiger partial charge in [0.2, 0.25) is 0 Å². The van der Waals surface area contributed by atoms with Gasteiger partial charge in [-0.25, -0.2) is 0 Å². The van der Waals surface area contributed by atoms with Crippen LogP contribution in [0.1, 0.15) is 33.6 Å². The maximum atomic E-state index is 9.64. The standard InChI is InChI=1S/C9H16O/c1-5-7-9(4,10)8(3)6-2/h1,8,10H,6-7H2,2-4H3/t8-,9-/m1/s1. The van der Waals surface area contributed by atoms with Crippen LogP contribution in [0.2, 0.25) is 0 Å². The highest BCUT2D eigenvalue weighted by Gasteiger charge is 2.25. The molecule has 0 bridgehead atoms. The number of aliphatic hydroxyl groups is 1. The Morgan fingerprint density at radius 2 is 2.20 bits per heavy atom. The molecule has 0 spiro atoms. The molecule has 0 saturated heterocycles. The lowest BCUT2D eigenvalue weighted by molar-refractivity contribution is 0.00972. The van der Waals surface area contributed by atoms with Crippen molar-refractivity contribution in [2.45, 2.75) is 39.2 Å². The molecule has 0 amide bonds. The fourth-order valence-corrected chi connectivity index (χ4v) is 0.821. The summed E-state index contributed by atoms with van der Waals surface area (Å²) in [6, 6.07) is 0. The van der Waals surface area contributed by atoms with Crippen molar-refractivity contribution in [1.29, 1.82) is 0 Å². The van der Waals surface area contributed by atoms with Crippen LogP contribution >= 0.6 is 0 Å². The second-order valence-corrected chi connectivity index (χ2v) is 3.05. The van der Waals surface area contributed by atoms with Gasteiger partial charge in [-0.05, 0) is 12.8 Å². The lowest BCUT2D eigenvalue weighted by Gasteiger charge is -2.27. The summed E-state index contributed by atoms with van der Waals surface area (Å²) in [7, 11) is 0. The molecular formula is C9H16O. The van der Waals surface area contributed by atoms with Gasteiger partial charge in [-0.3, -0.25) is 0 Å². The number of hydrogen-bond donors (Lipinski definition) is 1. The first-order chi connectivity index (χ1) is 4.54. The predicted octanol–water partition coefficient (Wildman–Crippen LogP) is 1.81. The summed E-state index contributed by atoms with van der Waals surface area (Å²) in [5, 5.41) is 9.64. The largest absolute Gasteiger partial charge is 0.389 e. The molecule has 1 nitrogen and oxygen atoms in total. The zero-order chi connectivity index (χ0) is 8.20. The summed E-state index contributed by atoms with van der Waals surface area (Å²) in [5.74, 6) is 2.75. The number of terminal acetylenes is 1. The lowest BCUT2D eigenvalue weighted by atomic mass is 9.86. The van der Waals surface area contributed by atoms with E-state index in [1.165, 1.54) is 0 Å². The van der Waals surface area contributed by atoms with E-state index >= 15 is 0 Å². The van der Waals surface area contributed by atoms with Gasteiger partial charge < -0.3 is 5.11 Å². The minimum Gasteiger partial charge on any atom is -0.389 e. The van der Waals surface area contributed by atoms with Crippen LogP contribution in [0.3, 0.4) is 0 Å². The van der Waals surface area contributed by atoms with Crippen molar-refractivity contribution in [1.82, 2.24) is 0 Å². The molecule has 1 heteroatoms. The van der Waals surface area contributed by atoms with Gasteiger partial charge in [0.05, 0.1) is 5.60 Å². The van der Waals surface area contributed by atoms with E-state index in [-0.39, 0.29) is 5.92 Å². The van der Waals surface area contributed by atoms with Crippen LogP contribution in [0.5, 0.6) is 0 Å². The molecule has 0 aromatic carbocycles. The molecule has 0 aromatic rings. The minimum atomic E-state index is -0.677. The van der Waals surface area contributed by atoms with Crippen LogP contribution in [0, 0.1) is 18.3 Å². The van der Waals surface area contributed by atoms with Crippen LogP contribution < -0.4 is 0 Å². The van der Waals surface area contributed by atoms with E-state index in [9.17, 15) is 5.11 Å². The molecule has 0 rings (SSSR count). The second kappa shape index (κ2) is 3.63. The predicted molar refractivity (Wildman–Crippen MR) is 43.5 cm³/mol. The average Bonchev–Trinajstić information content (AvgIpc) is 1.86. The molecule has 58 valence electrons. The Hall–Kier alpha value is -0.480. The van der Waals surface area contributed by atoms with Crippen LogP contribution in [0.15, 0.2) is 0 Å². The molecule has 2 atom stereocenters. The highest BCUT2D eigenvalue weighted by Crippen LogP contribution is 2.22. The fourth-order valence-electron chi connectivity index (χ4n) is 0.821. The Bertz CT molecular complexity index is 130. The highest BCUT2D eigenvalue weighted by atomic mass is 16.3. The van der Waals surface area contributed by atoms with E-state index in [0.717, 1.165) is 6.42 Å². The molecular weight excluding hydrogens is 124 g/mol. The zero-order valence-corrected chi connectivity index (χ0v) is 7.02. The second-order valence-electron chi connectivity index (χ2n) is 3.05. The lowest BCUT2D eigenvalue weighted by Crippen LogP contribution is -2.31. The topological polar surface area (TPSA) is 20.2 Å². The molecule has 0 heterocycles. The van der Waals surface area contributed by atoms with Gasteiger partial charge in [0.25, 0.3) is 0 Å². The van der Waals surface area contributed by atoms with Crippen molar-refractivity contribution in [3.05, 3.63) is 0 Å². The van der Waals surface area contributed by atoms with Crippen molar-refractivity contribution < 1.29 is 5.11 Å². The van der Waals surface area contributed by atoms with Crippen molar-refractivity contribution in [2.75, 3.05) is 0 Å². The summed E-state index contributed by atoms with van der Waals surface area (Å²) in [4.78, 5) is 0. The van der Waals surface area contributed by atoms with Gasteiger partial charge in [-0.2, -0.15) is 0 Å². The Morgan fingerprint density at radius 1 is 1.70 bits per heavy atom. The van der Waals surface area contributed by atoms with Crippen LogP contribution in [0.4, 0.5) is 0 Å². The molecule has 0 saturated carbocycles. The third-order valence-electron chi connectivity index (χ3n) is 2.13. The van der Waals surface area contributed by atoms with E-state index in [4.69, 9.17) is 6.42 Å². The summed E-state index contributed by atoms with van der Waals surface area (Å²) in [5.41, 5.74) is -0.677. The normalized spacial score (nSPS) is 19.1. The maximum Gasteiger partial charge on any atom is 0.0753 e. The van der Waals surface area contributed by atoms with Gasteiger partial charge in [-0.1, -0.05) is 20.3 Å². The fraction of sp³-hybridized carbons (Fsp3) is 0.778. The summed E-state index contributed by atoms with van der Waals surface area (Å²) < 4.78 is 0. The van der Waals surface area contributed by atoms with Gasteiger partial charge in [0.1, 0.15) is 0 Å². The molecule has 1 N–H and O–H groups in total. The van der Waals surface area contributed by atoms with Gasteiger partial charge in [-0.15, -0.1) is 12.3 Å². The van der Waals surface area contributed by atoms with Crippen molar-refractivity contribution in [2.24, 2.45) is 5.92 Å². The molecule has 0 aliphatic heterocycles. The Morgan fingerprint density at radius 3 is 2.50 bits per heavy atom. The van der Waals surface area contributed by atoms with Crippen molar-refractivity contribution >= 4 is 0 Å². The molecule has 0 aliphatic rings. The smallest absolute Gasteiger partial charge is 0.0753 e. The summed E-state index contributed by atoms with van der Waals surface area (Å²) in [6.45, 7) is 5.86. The van der Waals surface area contributed by atoms with Gasteiger partial charge in [0.15, 0.2) is 0 Å². The molecule has 0 aliphatic carbocycles. The van der Waals surface area contributed by atoms with E-state index in [2.05, 4.69) is 12.8 Å². The van der Waals surface area contributed by atoms with Gasteiger partial charge >= 0.3 is 0 Å². The van der Waals surface area contributed by atoms with Crippen LogP contribution in [-0.4, -0.2) is 10.7 Å². The molecule has 0 unspecified atom stereocenters. The van der Waals surface area contributed by atoms with Crippen LogP contribution in [-0.2, 0) is 0 Å². The monoisotopic (exact) mass is 140 g/mol. The molecule has 0 fully saturated rings. The zero-order valence-electron chi connectivity index (χ0n) is 7.02. The van der Waals surface area contributed by atoms with E-state index < -0.39 is 5.60 Å². The van der Waals surface area contributed by atoms with E-state index in [0.29, 0.717) is 6.42 Å². The summed E-state index contributed by atoms with van der Waals surface area (Å²) >= 11 is 0. The molecule has 10 heavy (non-hydrogen) atoms. The summed E-state index contributed by atoms with van der Waals surface area (Å²) in [6.07, 6.45) is 6.51. The van der Waals surface area contributed by atoms with E-state index in [1.807, 2.05) is 6.92 Å². The van der Waals surface area contributed by atoms with Crippen molar-refractivity contribution in [3.63, 3.8) is 0 Å². The number of hydrogen-bond acceptors (Lipinski definition) is 1. The van der Waals surface area contributed by atoms with Gasteiger partial charge in [0, 0.05) is 6.42 Å². The maximum absolute atomic E-state index is 9.64. The van der Waals surface area contributed by atoms with E-state index in [1.54, 1.807) is 6.92 Å². The Balaban J connectivity index is 3.98. The first-order valence-electron chi connectivity index (χ1n) is 3.70. The first-order valence-corrected chi connectivity index (χ1v) is 3.70. The number of rotatable bonds is 3. The highest BCUT2D eigenvalue weighted by molar-refractivity contribution is 4.94. The minimum absolute atomic E-state index is 0.281. The SMILES string of the molecule is C#CC[C@@](C)(O)[C@H](C)CC. The van der Waals surface area contributed by atoms with Crippen LogP contribution in [0.25, 0.3) is 0 Å². The Labute approximate surface area is 63.5 Å². The average molecular weight is 140 g/mol. The third kappa shape index (κ3) is 2.41. The Kier molecular flexibility index (Phi) is 3.46.